The maximum Gasteiger partial charge on any atom is 0.347 e. The lowest BCUT2D eigenvalue weighted by molar-refractivity contribution is 0.0701. The summed E-state index contributed by atoms with van der Waals surface area (Å²) in [5, 5.41) is 13.1. The Morgan fingerprint density at radius 2 is 2.41 bits per heavy atom. The van der Waals surface area contributed by atoms with Crippen LogP contribution in [0, 0.1) is 6.92 Å². The molecule has 6 heteroatoms. The van der Waals surface area contributed by atoms with Gasteiger partial charge in [0, 0.05) is 5.75 Å². The quantitative estimate of drug-likeness (QED) is 0.854. The molecule has 0 atom stereocenters. The molecule has 0 aliphatic heterocycles. The van der Waals surface area contributed by atoms with Crippen molar-refractivity contribution in [3.05, 3.63) is 33.0 Å². The number of carbonyl (C=O) groups is 1. The van der Waals surface area contributed by atoms with Gasteiger partial charge in [0.05, 0.1) is 5.69 Å². The van der Waals surface area contributed by atoms with Gasteiger partial charge in [-0.05, 0) is 35.7 Å². The zero-order valence-electron chi connectivity index (χ0n) is 9.17. The topological polar surface area (TPSA) is 50.2 Å². The summed E-state index contributed by atoms with van der Waals surface area (Å²) in [7, 11) is 0. The van der Waals surface area contributed by atoms with E-state index < -0.39 is 5.97 Å². The van der Waals surface area contributed by atoms with Gasteiger partial charge in [0.25, 0.3) is 0 Å². The summed E-state index contributed by atoms with van der Waals surface area (Å²) in [5.41, 5.74) is 1.94. The van der Waals surface area contributed by atoms with Crippen molar-refractivity contribution in [2.75, 3.05) is 5.75 Å². The third kappa shape index (κ3) is 3.31. The molecule has 0 saturated heterocycles. The Hall–Kier alpha value is -0.850. The van der Waals surface area contributed by atoms with Gasteiger partial charge in [-0.15, -0.1) is 11.3 Å². The van der Waals surface area contributed by atoms with E-state index in [2.05, 4.69) is 21.8 Å². The minimum absolute atomic E-state index is 0.350. The third-order valence-electron chi connectivity index (χ3n) is 2.17. The van der Waals surface area contributed by atoms with Crippen molar-refractivity contribution in [3.63, 3.8) is 0 Å². The molecule has 2 aromatic rings. The minimum atomic E-state index is -0.885. The van der Waals surface area contributed by atoms with Crippen LogP contribution in [-0.4, -0.2) is 21.8 Å². The first-order valence-electron chi connectivity index (χ1n) is 5.01. The highest BCUT2D eigenvalue weighted by atomic mass is 32.2. The Labute approximate surface area is 112 Å². The van der Waals surface area contributed by atoms with Crippen LogP contribution >= 0.6 is 34.4 Å². The first-order chi connectivity index (χ1) is 8.16. The molecule has 0 radical (unpaired) electrons. The van der Waals surface area contributed by atoms with Crippen molar-refractivity contribution in [2.24, 2.45) is 0 Å². The average Bonchev–Trinajstić information content (AvgIpc) is 2.88. The number of aromatic nitrogens is 1. The smallest absolute Gasteiger partial charge is 0.347 e. The van der Waals surface area contributed by atoms with E-state index in [9.17, 15) is 4.79 Å². The number of rotatable bonds is 5. The number of nitrogens with zero attached hydrogens (tertiary/aromatic N) is 1. The van der Waals surface area contributed by atoms with Crippen LogP contribution in [0.5, 0.6) is 0 Å². The number of thiophene rings is 1. The molecule has 3 nitrogen and oxygen atoms in total. The molecule has 0 amide bonds. The van der Waals surface area contributed by atoms with Crippen LogP contribution in [-0.2, 0) is 6.42 Å². The van der Waals surface area contributed by atoms with E-state index in [1.54, 1.807) is 30.0 Å². The van der Waals surface area contributed by atoms with Crippen LogP contribution in [0.3, 0.4) is 0 Å². The van der Waals surface area contributed by atoms with E-state index in [0.717, 1.165) is 16.5 Å². The van der Waals surface area contributed by atoms with E-state index in [1.807, 2.05) is 0 Å². The largest absolute Gasteiger partial charge is 0.477 e. The molecule has 0 saturated carbocycles. The summed E-state index contributed by atoms with van der Waals surface area (Å²) in [6.07, 6.45) is 0.995. The van der Waals surface area contributed by atoms with E-state index in [1.165, 1.54) is 16.9 Å². The Morgan fingerprint density at radius 3 is 3.00 bits per heavy atom. The normalized spacial score (nSPS) is 10.6. The summed E-state index contributed by atoms with van der Waals surface area (Å²) >= 11 is 4.58. The summed E-state index contributed by atoms with van der Waals surface area (Å²) in [4.78, 5) is 15.5. The Morgan fingerprint density at radius 1 is 1.59 bits per heavy atom. The van der Waals surface area contributed by atoms with Crippen LogP contribution in [0.1, 0.15) is 20.9 Å². The van der Waals surface area contributed by atoms with Crippen molar-refractivity contribution in [1.29, 1.82) is 0 Å². The molecule has 0 aromatic carbocycles. The molecule has 0 unspecified atom stereocenters. The number of carboxylic acids is 1. The Bertz CT molecular complexity index is 505. The molecule has 0 spiro atoms. The van der Waals surface area contributed by atoms with E-state index in [-0.39, 0.29) is 0 Å². The van der Waals surface area contributed by atoms with Gasteiger partial charge in [0.1, 0.15) is 4.88 Å². The summed E-state index contributed by atoms with van der Waals surface area (Å²) < 4.78 is 0.843. The summed E-state index contributed by atoms with van der Waals surface area (Å²) in [6, 6.07) is 2.11. The van der Waals surface area contributed by atoms with E-state index in [0.29, 0.717) is 10.6 Å². The highest BCUT2D eigenvalue weighted by Gasteiger charge is 2.13. The lowest BCUT2D eigenvalue weighted by Gasteiger charge is -1.95. The van der Waals surface area contributed by atoms with Gasteiger partial charge in [0.2, 0.25) is 0 Å². The van der Waals surface area contributed by atoms with Gasteiger partial charge in [-0.3, -0.25) is 0 Å². The second kappa shape index (κ2) is 5.66. The van der Waals surface area contributed by atoms with E-state index >= 15 is 0 Å². The monoisotopic (exact) mass is 285 g/mol. The number of hydrogen-bond donors (Lipinski definition) is 1. The second-order valence-corrected chi connectivity index (χ2v) is 6.55. The zero-order chi connectivity index (χ0) is 12.3. The maximum absolute atomic E-state index is 10.9. The highest BCUT2D eigenvalue weighted by molar-refractivity contribution is 8.01. The Kier molecular flexibility index (Phi) is 4.20. The molecule has 2 heterocycles. The van der Waals surface area contributed by atoms with Gasteiger partial charge < -0.3 is 5.11 Å². The molecular weight excluding hydrogens is 274 g/mol. The van der Waals surface area contributed by atoms with Crippen LogP contribution in [0.2, 0.25) is 0 Å². The van der Waals surface area contributed by atoms with Crippen molar-refractivity contribution in [2.45, 2.75) is 17.7 Å². The molecular formula is C11H11NO2S3. The highest BCUT2D eigenvalue weighted by Crippen LogP contribution is 2.27. The van der Waals surface area contributed by atoms with Crippen molar-refractivity contribution >= 4 is 40.4 Å². The number of hydrogen-bond acceptors (Lipinski definition) is 5. The fourth-order valence-electron chi connectivity index (χ4n) is 1.32. The molecule has 0 aliphatic carbocycles. The van der Waals surface area contributed by atoms with Gasteiger partial charge in [-0.1, -0.05) is 11.8 Å². The lowest BCUT2D eigenvalue weighted by atomic mass is 10.3. The first kappa shape index (κ1) is 12.6. The molecule has 0 aliphatic rings. The number of carboxylic acid groups (broad SMARTS) is 1. The molecule has 0 bridgehead atoms. The number of aromatic carboxylic acids is 1. The van der Waals surface area contributed by atoms with Crippen LogP contribution in [0.4, 0.5) is 0 Å². The van der Waals surface area contributed by atoms with Crippen molar-refractivity contribution < 1.29 is 9.90 Å². The third-order valence-corrected chi connectivity index (χ3v) is 5.19. The standard InChI is InChI=1S/C11H11NO2S3/c1-7-9(10(13)14)17-11(12-7)16-5-3-8-2-4-15-6-8/h2,4,6H,3,5H2,1H3,(H,13,14). The summed E-state index contributed by atoms with van der Waals surface area (Å²) in [5.74, 6) is 0.0487. The van der Waals surface area contributed by atoms with E-state index in [4.69, 9.17) is 5.11 Å². The number of thioether (sulfide) groups is 1. The SMILES string of the molecule is Cc1nc(SCCc2ccsc2)sc1C(=O)O. The van der Waals surface area contributed by atoms with Gasteiger partial charge in [0.15, 0.2) is 4.34 Å². The Balaban J connectivity index is 1.91. The van der Waals surface area contributed by atoms with Gasteiger partial charge in [-0.25, -0.2) is 9.78 Å². The first-order valence-corrected chi connectivity index (χ1v) is 7.76. The molecule has 90 valence electrons. The lowest BCUT2D eigenvalue weighted by Crippen LogP contribution is -1.94. The molecule has 0 fully saturated rings. The van der Waals surface area contributed by atoms with Gasteiger partial charge in [-0.2, -0.15) is 11.3 Å². The van der Waals surface area contributed by atoms with Crippen molar-refractivity contribution in [1.82, 2.24) is 4.98 Å². The predicted octanol–water partition coefficient (Wildman–Crippen LogP) is 3.55. The molecule has 2 rings (SSSR count). The summed E-state index contributed by atoms with van der Waals surface area (Å²) in [6.45, 7) is 1.74. The fourth-order valence-corrected chi connectivity index (χ4v) is 4.11. The molecule has 17 heavy (non-hydrogen) atoms. The van der Waals surface area contributed by atoms with Gasteiger partial charge >= 0.3 is 5.97 Å². The number of thiazole rings is 1. The minimum Gasteiger partial charge on any atom is -0.477 e. The molecule has 2 aromatic heterocycles. The number of aryl methyl sites for hydroxylation is 2. The maximum atomic E-state index is 10.9. The van der Waals surface area contributed by atoms with Crippen molar-refractivity contribution in [3.8, 4) is 0 Å². The molecule has 1 N–H and O–H groups in total. The van der Waals surface area contributed by atoms with Crippen LogP contribution in [0.25, 0.3) is 0 Å². The average molecular weight is 285 g/mol. The van der Waals surface area contributed by atoms with Crippen LogP contribution < -0.4 is 0 Å². The fraction of sp³-hybridized carbons (Fsp3) is 0.273. The van der Waals surface area contributed by atoms with Crippen LogP contribution in [0.15, 0.2) is 21.2 Å². The predicted molar refractivity (Wildman–Crippen MR) is 72.6 cm³/mol. The zero-order valence-corrected chi connectivity index (χ0v) is 11.6. The second-order valence-electron chi connectivity index (χ2n) is 3.43.